The van der Waals surface area contributed by atoms with E-state index >= 15 is 0 Å². The van der Waals surface area contributed by atoms with Crippen molar-refractivity contribution in [3.8, 4) is 0 Å². The quantitative estimate of drug-likeness (QED) is 0.403. The van der Waals surface area contributed by atoms with Gasteiger partial charge in [-0.2, -0.15) is 0 Å². The van der Waals surface area contributed by atoms with Gasteiger partial charge in [-0.3, -0.25) is 4.79 Å². The molecule has 0 aliphatic rings. The van der Waals surface area contributed by atoms with E-state index in [4.69, 9.17) is 0 Å². The van der Waals surface area contributed by atoms with Crippen molar-refractivity contribution in [2.45, 2.75) is 43.9 Å². The predicted octanol–water partition coefficient (Wildman–Crippen LogP) is 2.89. The van der Waals surface area contributed by atoms with Crippen LogP contribution in [0.25, 0.3) is 0 Å². The van der Waals surface area contributed by atoms with Crippen molar-refractivity contribution in [1.29, 1.82) is 0 Å². The second-order valence-electron chi connectivity index (χ2n) is 2.84. The standard InChI is InChI=1S/C9H17BrO2/c1-3-4-5-6-7-8(10)9(11)12-2/h8H,3-7H2,1-2H3/t8-/m0/s1. The number of hydrogen-bond donors (Lipinski definition) is 0. The average Bonchev–Trinajstić information content (AvgIpc) is 2.10. The highest BCUT2D eigenvalue weighted by molar-refractivity contribution is 9.10. The summed E-state index contributed by atoms with van der Waals surface area (Å²) in [4.78, 5) is 10.8. The van der Waals surface area contributed by atoms with E-state index in [0.29, 0.717) is 0 Å². The summed E-state index contributed by atoms with van der Waals surface area (Å²) in [6.07, 6.45) is 5.66. The molecule has 0 fully saturated rings. The molecule has 0 bridgehead atoms. The molecule has 0 unspecified atom stereocenters. The van der Waals surface area contributed by atoms with Crippen LogP contribution in [0, 0.1) is 0 Å². The summed E-state index contributed by atoms with van der Waals surface area (Å²) < 4.78 is 4.58. The Bertz CT molecular complexity index is 126. The Morgan fingerprint density at radius 2 is 2.08 bits per heavy atom. The zero-order valence-corrected chi connectivity index (χ0v) is 9.39. The normalized spacial score (nSPS) is 12.6. The van der Waals surface area contributed by atoms with Gasteiger partial charge >= 0.3 is 5.97 Å². The number of methoxy groups -OCH3 is 1. The monoisotopic (exact) mass is 236 g/mol. The van der Waals surface area contributed by atoms with Gasteiger partial charge in [-0.1, -0.05) is 48.5 Å². The van der Waals surface area contributed by atoms with Crippen molar-refractivity contribution < 1.29 is 9.53 Å². The first-order valence-electron chi connectivity index (χ1n) is 4.44. The van der Waals surface area contributed by atoms with E-state index in [-0.39, 0.29) is 10.8 Å². The molecule has 0 saturated carbocycles. The van der Waals surface area contributed by atoms with Crippen LogP contribution in [0.4, 0.5) is 0 Å². The van der Waals surface area contributed by atoms with E-state index in [2.05, 4.69) is 27.6 Å². The van der Waals surface area contributed by atoms with E-state index in [1.165, 1.54) is 26.4 Å². The van der Waals surface area contributed by atoms with E-state index in [9.17, 15) is 4.79 Å². The van der Waals surface area contributed by atoms with Crippen molar-refractivity contribution in [3.05, 3.63) is 0 Å². The second-order valence-corrected chi connectivity index (χ2v) is 3.95. The fourth-order valence-electron chi connectivity index (χ4n) is 0.996. The second kappa shape index (κ2) is 7.59. The number of rotatable bonds is 6. The number of halogens is 1. The molecule has 12 heavy (non-hydrogen) atoms. The van der Waals surface area contributed by atoms with Crippen molar-refractivity contribution in [2.24, 2.45) is 0 Å². The number of hydrogen-bond acceptors (Lipinski definition) is 2. The van der Waals surface area contributed by atoms with Gasteiger partial charge in [0.05, 0.1) is 7.11 Å². The Labute approximate surface area is 82.8 Å². The molecule has 0 aliphatic heterocycles. The van der Waals surface area contributed by atoms with E-state index in [1.54, 1.807) is 0 Å². The highest BCUT2D eigenvalue weighted by Crippen LogP contribution is 2.12. The Balaban J connectivity index is 3.31. The summed E-state index contributed by atoms with van der Waals surface area (Å²) in [5.74, 6) is -0.161. The molecule has 0 aromatic heterocycles. The van der Waals surface area contributed by atoms with Crippen LogP contribution >= 0.6 is 15.9 Å². The minimum Gasteiger partial charge on any atom is -0.468 e. The molecule has 0 rings (SSSR count). The summed E-state index contributed by atoms with van der Waals surface area (Å²) in [6.45, 7) is 2.17. The number of alkyl halides is 1. The zero-order valence-electron chi connectivity index (χ0n) is 7.81. The molecule has 0 aromatic carbocycles. The number of ether oxygens (including phenoxy) is 1. The van der Waals surface area contributed by atoms with Crippen LogP contribution in [0.1, 0.15) is 39.0 Å². The smallest absolute Gasteiger partial charge is 0.319 e. The molecule has 72 valence electrons. The predicted molar refractivity (Wildman–Crippen MR) is 53.5 cm³/mol. The van der Waals surface area contributed by atoms with Gasteiger partial charge in [-0.15, -0.1) is 0 Å². The maximum Gasteiger partial charge on any atom is 0.319 e. The van der Waals surface area contributed by atoms with E-state index < -0.39 is 0 Å². The molecule has 3 heteroatoms. The molecule has 0 radical (unpaired) electrons. The van der Waals surface area contributed by atoms with E-state index in [1.807, 2.05) is 0 Å². The van der Waals surface area contributed by atoms with Crippen LogP contribution in [0.3, 0.4) is 0 Å². The van der Waals surface area contributed by atoms with Crippen molar-refractivity contribution in [2.75, 3.05) is 7.11 Å². The lowest BCUT2D eigenvalue weighted by Gasteiger charge is -2.06. The lowest BCUT2D eigenvalue weighted by Crippen LogP contribution is -2.15. The maximum absolute atomic E-state index is 10.9. The third-order valence-electron chi connectivity index (χ3n) is 1.77. The Morgan fingerprint density at radius 1 is 1.42 bits per heavy atom. The molecule has 0 aliphatic carbocycles. The average molecular weight is 237 g/mol. The first-order chi connectivity index (χ1) is 5.72. The molecular formula is C9H17BrO2. The van der Waals surface area contributed by atoms with Gasteiger partial charge in [0.15, 0.2) is 0 Å². The molecular weight excluding hydrogens is 220 g/mol. The molecule has 0 saturated heterocycles. The first-order valence-corrected chi connectivity index (χ1v) is 5.35. The molecule has 0 spiro atoms. The minimum absolute atomic E-state index is 0.112. The van der Waals surface area contributed by atoms with Crippen LogP contribution in [0.2, 0.25) is 0 Å². The number of unbranched alkanes of at least 4 members (excludes halogenated alkanes) is 3. The van der Waals surface area contributed by atoms with Crippen LogP contribution < -0.4 is 0 Å². The molecule has 0 heterocycles. The summed E-state index contributed by atoms with van der Waals surface area (Å²) in [7, 11) is 1.42. The third kappa shape index (κ3) is 5.58. The van der Waals surface area contributed by atoms with Crippen LogP contribution in [-0.4, -0.2) is 17.9 Å². The van der Waals surface area contributed by atoms with Gasteiger partial charge in [0.2, 0.25) is 0 Å². The van der Waals surface area contributed by atoms with Crippen molar-refractivity contribution >= 4 is 21.9 Å². The summed E-state index contributed by atoms with van der Waals surface area (Å²) >= 11 is 3.28. The van der Waals surface area contributed by atoms with Gasteiger partial charge in [0, 0.05) is 0 Å². The summed E-state index contributed by atoms with van der Waals surface area (Å²) in [6, 6.07) is 0. The molecule has 0 N–H and O–H groups in total. The Hall–Kier alpha value is -0.0500. The number of carbonyl (C=O) groups excluding carboxylic acids is 1. The topological polar surface area (TPSA) is 26.3 Å². The number of esters is 1. The van der Waals surface area contributed by atoms with Crippen LogP contribution in [-0.2, 0) is 9.53 Å². The van der Waals surface area contributed by atoms with Gasteiger partial charge in [-0.25, -0.2) is 0 Å². The molecule has 1 atom stereocenters. The highest BCUT2D eigenvalue weighted by atomic mass is 79.9. The first kappa shape index (κ1) is 11.9. The highest BCUT2D eigenvalue weighted by Gasteiger charge is 2.13. The van der Waals surface area contributed by atoms with E-state index in [0.717, 1.165) is 12.8 Å². The third-order valence-corrected chi connectivity index (χ3v) is 2.60. The maximum atomic E-state index is 10.9. The molecule has 0 aromatic rings. The zero-order chi connectivity index (χ0) is 9.40. The van der Waals surface area contributed by atoms with Crippen molar-refractivity contribution in [3.63, 3.8) is 0 Å². The Kier molecular flexibility index (Phi) is 7.56. The van der Waals surface area contributed by atoms with Gasteiger partial charge in [-0.05, 0) is 6.42 Å². The molecule has 0 amide bonds. The Morgan fingerprint density at radius 3 is 2.58 bits per heavy atom. The van der Waals surface area contributed by atoms with Gasteiger partial charge in [0.25, 0.3) is 0 Å². The summed E-state index contributed by atoms with van der Waals surface area (Å²) in [5, 5.41) is 0. The van der Waals surface area contributed by atoms with Gasteiger partial charge in [0.1, 0.15) is 4.83 Å². The number of carbonyl (C=O) groups is 1. The summed E-state index contributed by atoms with van der Waals surface area (Å²) in [5.41, 5.74) is 0. The lowest BCUT2D eigenvalue weighted by molar-refractivity contribution is -0.139. The van der Waals surface area contributed by atoms with Crippen LogP contribution in [0.15, 0.2) is 0 Å². The SMILES string of the molecule is CCCCCC[C@H](Br)C(=O)OC. The fourth-order valence-corrected chi connectivity index (χ4v) is 1.51. The largest absolute Gasteiger partial charge is 0.468 e. The lowest BCUT2D eigenvalue weighted by atomic mass is 10.1. The molecule has 2 nitrogen and oxygen atoms in total. The minimum atomic E-state index is -0.161. The van der Waals surface area contributed by atoms with Gasteiger partial charge < -0.3 is 4.74 Å². The fraction of sp³-hybridized carbons (Fsp3) is 0.889. The van der Waals surface area contributed by atoms with Crippen molar-refractivity contribution in [1.82, 2.24) is 0 Å². The van der Waals surface area contributed by atoms with Crippen LogP contribution in [0.5, 0.6) is 0 Å².